The van der Waals surface area contributed by atoms with Gasteiger partial charge in [-0.1, -0.05) is 0 Å². The molecule has 5 nitrogen and oxygen atoms in total. The molecule has 1 rings (SSSR count). The minimum absolute atomic E-state index is 0.117. The summed E-state index contributed by atoms with van der Waals surface area (Å²) in [7, 11) is 1.44. The lowest BCUT2D eigenvalue weighted by atomic mass is 10.4. The Balaban J connectivity index is 2.85. The van der Waals surface area contributed by atoms with E-state index < -0.39 is 0 Å². The number of methoxy groups -OCH3 is 1. The Morgan fingerprint density at radius 1 is 1.77 bits per heavy atom. The normalized spacial score (nSPS) is 9.77. The zero-order chi connectivity index (χ0) is 9.84. The van der Waals surface area contributed by atoms with Crippen molar-refractivity contribution in [2.24, 2.45) is 0 Å². The molecule has 0 saturated carbocycles. The summed E-state index contributed by atoms with van der Waals surface area (Å²) in [5, 5.41) is 6.07. The molecule has 1 aromatic rings. The average molecular weight is 205 g/mol. The highest BCUT2D eigenvalue weighted by molar-refractivity contribution is 6.29. The highest BCUT2D eigenvalue weighted by Crippen LogP contribution is 2.26. The van der Waals surface area contributed by atoms with Gasteiger partial charge >= 0.3 is 0 Å². The SMILES string of the molecule is COc1noc(C)c1NC(=O)CCl. The molecule has 0 aliphatic rings. The van der Waals surface area contributed by atoms with Crippen LogP contribution in [0.5, 0.6) is 5.88 Å². The summed E-state index contributed by atoms with van der Waals surface area (Å²) >= 11 is 5.31. The first kappa shape index (κ1) is 9.85. The lowest BCUT2D eigenvalue weighted by Crippen LogP contribution is -2.13. The lowest BCUT2D eigenvalue weighted by Gasteiger charge is -2.01. The van der Waals surface area contributed by atoms with Gasteiger partial charge in [-0.2, -0.15) is 0 Å². The van der Waals surface area contributed by atoms with Crippen molar-refractivity contribution in [3.63, 3.8) is 0 Å². The second-order valence-electron chi connectivity index (χ2n) is 2.30. The van der Waals surface area contributed by atoms with Gasteiger partial charge in [-0.25, -0.2) is 0 Å². The minimum atomic E-state index is -0.328. The maximum absolute atomic E-state index is 10.9. The number of alkyl halides is 1. The smallest absolute Gasteiger partial charge is 0.278 e. The van der Waals surface area contributed by atoms with E-state index in [1.54, 1.807) is 6.92 Å². The Morgan fingerprint density at radius 3 is 3.00 bits per heavy atom. The molecule has 0 radical (unpaired) electrons. The zero-order valence-electron chi connectivity index (χ0n) is 7.26. The van der Waals surface area contributed by atoms with Crippen LogP contribution in [0.25, 0.3) is 0 Å². The van der Waals surface area contributed by atoms with Gasteiger partial charge < -0.3 is 14.6 Å². The van der Waals surface area contributed by atoms with Crippen molar-refractivity contribution in [1.29, 1.82) is 0 Å². The molecule has 0 aliphatic carbocycles. The number of hydrogen-bond acceptors (Lipinski definition) is 4. The fourth-order valence-electron chi connectivity index (χ4n) is 0.805. The third kappa shape index (κ3) is 2.12. The Bertz CT molecular complexity index is 311. The zero-order valence-corrected chi connectivity index (χ0v) is 8.01. The second kappa shape index (κ2) is 4.13. The van der Waals surface area contributed by atoms with Crippen molar-refractivity contribution in [2.45, 2.75) is 6.92 Å². The van der Waals surface area contributed by atoms with Gasteiger partial charge in [0.15, 0.2) is 5.76 Å². The van der Waals surface area contributed by atoms with Crippen LogP contribution in [0, 0.1) is 6.92 Å². The number of aromatic nitrogens is 1. The number of carbonyl (C=O) groups excluding carboxylic acids is 1. The molecule has 0 saturated heterocycles. The number of amides is 1. The van der Waals surface area contributed by atoms with Crippen molar-refractivity contribution in [1.82, 2.24) is 5.16 Å². The third-order valence-corrected chi connectivity index (χ3v) is 1.65. The van der Waals surface area contributed by atoms with Gasteiger partial charge in [0.05, 0.1) is 7.11 Å². The Hall–Kier alpha value is -1.23. The number of halogens is 1. The molecule has 1 aromatic heterocycles. The molecule has 1 N–H and O–H groups in total. The summed E-state index contributed by atoms with van der Waals surface area (Å²) in [6.07, 6.45) is 0. The first-order valence-corrected chi connectivity index (χ1v) is 4.08. The van der Waals surface area contributed by atoms with Gasteiger partial charge in [-0.15, -0.1) is 11.6 Å². The maximum atomic E-state index is 10.9. The molecule has 6 heteroatoms. The van der Waals surface area contributed by atoms with Crippen molar-refractivity contribution in [2.75, 3.05) is 18.3 Å². The average Bonchev–Trinajstić information content (AvgIpc) is 2.48. The van der Waals surface area contributed by atoms with Crippen molar-refractivity contribution >= 4 is 23.2 Å². The van der Waals surface area contributed by atoms with Gasteiger partial charge in [0.2, 0.25) is 5.91 Å². The van der Waals surface area contributed by atoms with E-state index in [0.717, 1.165) is 0 Å². The van der Waals surface area contributed by atoms with Crippen LogP contribution in [0.2, 0.25) is 0 Å². The fraction of sp³-hybridized carbons (Fsp3) is 0.429. The molecular weight excluding hydrogens is 196 g/mol. The van der Waals surface area contributed by atoms with E-state index in [1.165, 1.54) is 7.11 Å². The van der Waals surface area contributed by atoms with Crippen LogP contribution in [0.4, 0.5) is 5.69 Å². The molecule has 0 atom stereocenters. The maximum Gasteiger partial charge on any atom is 0.278 e. The molecule has 72 valence electrons. The molecule has 1 amide bonds. The fourth-order valence-corrected chi connectivity index (χ4v) is 0.872. The van der Waals surface area contributed by atoms with Crippen LogP contribution >= 0.6 is 11.6 Å². The van der Waals surface area contributed by atoms with Gasteiger partial charge in [0, 0.05) is 0 Å². The van der Waals surface area contributed by atoms with Crippen LogP contribution in [0.3, 0.4) is 0 Å². The van der Waals surface area contributed by atoms with Crippen LogP contribution < -0.4 is 10.1 Å². The largest absolute Gasteiger partial charge is 0.477 e. The van der Waals surface area contributed by atoms with E-state index in [-0.39, 0.29) is 17.7 Å². The monoisotopic (exact) mass is 204 g/mol. The lowest BCUT2D eigenvalue weighted by molar-refractivity contribution is -0.113. The number of aryl methyl sites for hydroxylation is 1. The van der Waals surface area contributed by atoms with Gasteiger partial charge in [-0.05, 0) is 12.1 Å². The number of hydrogen-bond donors (Lipinski definition) is 1. The second-order valence-corrected chi connectivity index (χ2v) is 2.57. The molecule has 0 bridgehead atoms. The summed E-state index contributed by atoms with van der Waals surface area (Å²) in [6.45, 7) is 1.67. The highest BCUT2D eigenvalue weighted by atomic mass is 35.5. The Labute approximate surface area is 80.0 Å². The Morgan fingerprint density at radius 2 is 2.46 bits per heavy atom. The number of nitrogens with zero attached hydrogens (tertiary/aromatic N) is 1. The summed E-state index contributed by atoms with van der Waals surface area (Å²) in [5.74, 6) is 0.283. The summed E-state index contributed by atoms with van der Waals surface area (Å²) in [6, 6.07) is 0. The minimum Gasteiger partial charge on any atom is -0.477 e. The van der Waals surface area contributed by atoms with Crippen LogP contribution in [-0.2, 0) is 4.79 Å². The molecule has 0 spiro atoms. The first-order valence-electron chi connectivity index (χ1n) is 3.55. The van der Waals surface area contributed by atoms with E-state index in [4.69, 9.17) is 20.9 Å². The van der Waals surface area contributed by atoms with E-state index in [1.807, 2.05) is 0 Å². The predicted molar refractivity (Wildman–Crippen MR) is 47.1 cm³/mol. The molecule has 1 heterocycles. The quantitative estimate of drug-likeness (QED) is 0.751. The van der Waals surface area contributed by atoms with E-state index >= 15 is 0 Å². The standard InChI is InChI=1S/C7H9ClN2O3/c1-4-6(9-5(11)3-8)7(12-2)10-13-4/h3H2,1-2H3,(H,9,11). The number of carbonyl (C=O) groups is 1. The summed E-state index contributed by atoms with van der Waals surface area (Å²) in [4.78, 5) is 10.9. The number of rotatable bonds is 3. The van der Waals surface area contributed by atoms with E-state index in [2.05, 4.69) is 10.5 Å². The first-order chi connectivity index (χ1) is 6.19. The summed E-state index contributed by atoms with van der Waals surface area (Å²) in [5.41, 5.74) is 0.424. The summed E-state index contributed by atoms with van der Waals surface area (Å²) < 4.78 is 9.65. The highest BCUT2D eigenvalue weighted by Gasteiger charge is 2.14. The molecule has 13 heavy (non-hydrogen) atoms. The molecule has 0 fully saturated rings. The van der Waals surface area contributed by atoms with Crippen LogP contribution in [0.1, 0.15) is 5.76 Å². The molecule has 0 aliphatic heterocycles. The van der Waals surface area contributed by atoms with Crippen LogP contribution in [-0.4, -0.2) is 24.1 Å². The van der Waals surface area contributed by atoms with Crippen LogP contribution in [0.15, 0.2) is 4.52 Å². The number of ether oxygens (including phenoxy) is 1. The molecule has 0 unspecified atom stereocenters. The van der Waals surface area contributed by atoms with Gasteiger partial charge in [0.1, 0.15) is 11.6 Å². The molecular formula is C7H9ClN2O3. The predicted octanol–water partition coefficient (Wildman–Crippen LogP) is 1.17. The van der Waals surface area contributed by atoms with Gasteiger partial charge in [0.25, 0.3) is 5.88 Å². The topological polar surface area (TPSA) is 64.4 Å². The molecule has 0 aromatic carbocycles. The van der Waals surface area contributed by atoms with Crippen molar-refractivity contribution in [3.05, 3.63) is 5.76 Å². The Kier molecular flexibility index (Phi) is 3.13. The van der Waals surface area contributed by atoms with Crippen molar-refractivity contribution < 1.29 is 14.1 Å². The van der Waals surface area contributed by atoms with Crippen molar-refractivity contribution in [3.8, 4) is 5.88 Å². The number of nitrogens with one attached hydrogen (secondary N) is 1. The number of anilines is 1. The van der Waals surface area contributed by atoms with Gasteiger partial charge in [-0.3, -0.25) is 4.79 Å². The third-order valence-electron chi connectivity index (χ3n) is 1.41. The van der Waals surface area contributed by atoms with E-state index in [0.29, 0.717) is 11.4 Å². The van der Waals surface area contributed by atoms with E-state index in [9.17, 15) is 4.79 Å².